The van der Waals surface area contributed by atoms with E-state index in [2.05, 4.69) is 135 Å². The molecule has 0 N–H and O–H groups in total. The third-order valence-corrected chi connectivity index (χ3v) is 15.2. The van der Waals surface area contributed by atoms with Gasteiger partial charge in [-0.3, -0.25) is 9.59 Å². The predicted octanol–water partition coefficient (Wildman–Crippen LogP) is 21.0. The van der Waals surface area contributed by atoms with Crippen molar-refractivity contribution in [3.63, 3.8) is 0 Å². The third-order valence-electron chi connectivity index (χ3n) is 15.2. The highest BCUT2D eigenvalue weighted by Crippen LogP contribution is 2.18. The van der Waals surface area contributed by atoms with Crippen LogP contribution in [-0.4, -0.2) is 82.3 Å². The Bertz CT molecular complexity index is 1840. The summed E-state index contributed by atoms with van der Waals surface area (Å²) in [4.78, 5) is 37.5. The van der Waals surface area contributed by atoms with Crippen LogP contribution in [0.2, 0.25) is 0 Å². The van der Waals surface area contributed by atoms with Crippen molar-refractivity contribution >= 4 is 17.9 Å². The molecule has 0 radical (unpaired) electrons. The van der Waals surface area contributed by atoms with Crippen LogP contribution in [0.4, 0.5) is 0 Å². The number of ether oxygens (including phenoxy) is 4. The molecule has 0 rings (SSSR count). The number of esters is 2. The number of quaternary nitrogens is 1. The Morgan fingerprint density at radius 3 is 0.977 bits per heavy atom. The van der Waals surface area contributed by atoms with Gasteiger partial charge >= 0.3 is 11.9 Å². The molecule has 0 spiro atoms. The first kappa shape index (κ1) is 82.7. The maximum absolute atomic E-state index is 12.9. The van der Waals surface area contributed by atoms with E-state index in [1.54, 1.807) is 0 Å². The first-order valence-electron chi connectivity index (χ1n) is 35.7. The molecule has 0 aliphatic rings. The second-order valence-electron chi connectivity index (χ2n) is 24.8. The van der Waals surface area contributed by atoms with E-state index in [-0.39, 0.29) is 38.6 Å². The van der Waals surface area contributed by atoms with Gasteiger partial charge in [-0.1, -0.05) is 315 Å². The maximum atomic E-state index is 12.9. The molecule has 87 heavy (non-hydrogen) atoms. The minimum absolute atomic E-state index is 0.134. The second kappa shape index (κ2) is 67.6. The number of carboxylic acid groups (broad SMARTS) is 1. The predicted molar refractivity (Wildman–Crippen MR) is 370 cm³/mol. The van der Waals surface area contributed by atoms with E-state index >= 15 is 0 Å². The number of carboxylic acids is 1. The minimum atomic E-state index is -1.64. The molecule has 0 aliphatic carbocycles. The van der Waals surface area contributed by atoms with Crippen LogP contribution in [0.1, 0.15) is 296 Å². The van der Waals surface area contributed by atoms with Crippen LogP contribution >= 0.6 is 0 Å². The van der Waals surface area contributed by atoms with Crippen molar-refractivity contribution in [2.75, 3.05) is 47.5 Å². The van der Waals surface area contributed by atoms with Gasteiger partial charge in [0.15, 0.2) is 12.4 Å². The molecule has 0 aromatic carbocycles. The normalized spacial score (nSPS) is 13.4. The Labute approximate surface area is 536 Å². The SMILES string of the molecule is CC/C=C\C/C=C\C/C=C\C/C=C\C/C=C\C/C=C\C/C=C\C/C=C\C/C=C\C/C=C\CCCCC(=O)OC(COC(=O)CCCCCCCCCCCCCCCCCCCCCCCCCCCCCCC)COC(OCC[N+](C)(C)C)C(=O)[O-]. The summed E-state index contributed by atoms with van der Waals surface area (Å²) in [5.74, 6) is -2.34. The lowest BCUT2D eigenvalue weighted by atomic mass is 10.0. The fourth-order valence-electron chi connectivity index (χ4n) is 9.80. The first-order chi connectivity index (χ1) is 42.6. The van der Waals surface area contributed by atoms with Gasteiger partial charge in [0, 0.05) is 12.8 Å². The molecule has 9 heteroatoms. The topological polar surface area (TPSA) is 111 Å². The molecule has 498 valence electrons. The van der Waals surface area contributed by atoms with Gasteiger partial charge in [-0.15, -0.1) is 0 Å². The number of aliphatic carboxylic acids is 1. The number of rotatable bonds is 65. The van der Waals surface area contributed by atoms with E-state index in [0.29, 0.717) is 17.4 Å². The van der Waals surface area contributed by atoms with Crippen molar-refractivity contribution in [3.8, 4) is 0 Å². The van der Waals surface area contributed by atoms with Gasteiger partial charge in [-0.05, 0) is 89.9 Å². The van der Waals surface area contributed by atoms with E-state index in [4.69, 9.17) is 18.9 Å². The largest absolute Gasteiger partial charge is 0.545 e. The molecule has 0 aromatic rings. The molecule has 0 bridgehead atoms. The fraction of sp³-hybridized carbons (Fsp3) is 0.705. The number of carbonyl (C=O) groups excluding carboxylic acids is 3. The highest BCUT2D eigenvalue weighted by atomic mass is 16.7. The van der Waals surface area contributed by atoms with Gasteiger partial charge in [-0.25, -0.2) is 0 Å². The molecule has 0 aromatic heterocycles. The average molecular weight is 1210 g/mol. The van der Waals surface area contributed by atoms with Gasteiger partial charge in [-0.2, -0.15) is 0 Å². The summed E-state index contributed by atoms with van der Waals surface area (Å²) in [6.07, 6.45) is 92.9. The molecule has 0 heterocycles. The van der Waals surface area contributed by atoms with Crippen LogP contribution in [0.5, 0.6) is 0 Å². The number of allylic oxidation sites excluding steroid dienone is 20. The van der Waals surface area contributed by atoms with E-state index < -0.39 is 24.3 Å². The standard InChI is InChI=1S/C78H133NO8/c1-6-8-10-12-14-16-18-20-22-24-26-28-30-32-34-36-37-38-39-41-43-45-47-49-51-53-55-57-59-61-63-65-67-69-76(81)87-74(73-86-78(77(82)83)84-71-70-79(3,4)5)72-85-75(80)68-66-64-62-60-58-56-54-52-50-48-46-44-42-40-35-33-31-29-27-25-23-21-19-17-15-13-11-9-7-2/h8,10,14,16,20,22,26,28,32,34,37-38,41,43,47,49,53,55,59,61,74,78H,6-7,9,11-13,15,17-19,21,23-25,27,29-31,33,35-36,39-40,42,44-46,48,50-52,54,56-58,60,62-73H2,1-5H3/b10-8-,16-14-,22-20-,28-26-,34-32-,38-37-,43-41-,49-47-,55-53-,61-59-. The Morgan fingerprint density at radius 2 is 0.655 bits per heavy atom. The maximum Gasteiger partial charge on any atom is 0.306 e. The van der Waals surface area contributed by atoms with Crippen molar-refractivity contribution in [1.29, 1.82) is 0 Å². The van der Waals surface area contributed by atoms with Crippen molar-refractivity contribution in [1.82, 2.24) is 0 Å². The van der Waals surface area contributed by atoms with Crippen LogP contribution in [-0.2, 0) is 33.3 Å². The number of carbonyl (C=O) groups is 3. The number of unbranched alkanes of at least 4 members (excludes halogenated alkanes) is 30. The number of nitrogens with zero attached hydrogens (tertiary/aromatic N) is 1. The van der Waals surface area contributed by atoms with E-state index in [9.17, 15) is 19.5 Å². The number of hydrogen-bond donors (Lipinski definition) is 0. The fourth-order valence-corrected chi connectivity index (χ4v) is 9.80. The zero-order valence-corrected chi connectivity index (χ0v) is 56.9. The molecule has 0 saturated heterocycles. The van der Waals surface area contributed by atoms with Crippen molar-refractivity contribution in [2.24, 2.45) is 0 Å². The summed E-state index contributed by atoms with van der Waals surface area (Å²) in [5.41, 5.74) is 0. The molecule has 0 fully saturated rings. The van der Waals surface area contributed by atoms with Crippen molar-refractivity contribution in [2.45, 2.75) is 309 Å². The molecule has 2 atom stereocenters. The molecule has 2 unspecified atom stereocenters. The summed E-state index contributed by atoms with van der Waals surface area (Å²) in [5, 5.41) is 11.8. The molecule has 0 aliphatic heterocycles. The lowest BCUT2D eigenvalue weighted by Gasteiger charge is -2.26. The average Bonchev–Trinajstić information content (AvgIpc) is 3.59. The summed E-state index contributed by atoms with van der Waals surface area (Å²) in [6.45, 7) is 4.61. The summed E-state index contributed by atoms with van der Waals surface area (Å²) >= 11 is 0. The van der Waals surface area contributed by atoms with Gasteiger partial charge in [0.25, 0.3) is 0 Å². The summed E-state index contributed by atoms with van der Waals surface area (Å²) in [7, 11) is 5.91. The Balaban J connectivity index is 4.22. The van der Waals surface area contributed by atoms with E-state index in [1.165, 1.54) is 167 Å². The first-order valence-corrected chi connectivity index (χ1v) is 35.7. The van der Waals surface area contributed by atoms with Crippen LogP contribution in [0.15, 0.2) is 122 Å². The Morgan fingerprint density at radius 1 is 0.356 bits per heavy atom. The third kappa shape index (κ3) is 69.0. The number of hydrogen-bond acceptors (Lipinski definition) is 8. The lowest BCUT2D eigenvalue weighted by molar-refractivity contribution is -0.870. The lowest BCUT2D eigenvalue weighted by Crippen LogP contribution is -2.44. The molecule has 9 nitrogen and oxygen atoms in total. The van der Waals surface area contributed by atoms with Gasteiger partial charge in [0.2, 0.25) is 0 Å². The smallest absolute Gasteiger partial charge is 0.306 e. The Kier molecular flexibility index (Phi) is 64.3. The van der Waals surface area contributed by atoms with Gasteiger partial charge in [0.05, 0.1) is 40.3 Å². The van der Waals surface area contributed by atoms with Crippen LogP contribution in [0.3, 0.4) is 0 Å². The zero-order valence-electron chi connectivity index (χ0n) is 56.9. The quantitative estimate of drug-likeness (QED) is 0.0195. The molecular formula is C78H133NO8. The van der Waals surface area contributed by atoms with Crippen molar-refractivity contribution < 1.29 is 42.9 Å². The van der Waals surface area contributed by atoms with Crippen molar-refractivity contribution in [3.05, 3.63) is 122 Å². The molecular weight excluding hydrogens is 1080 g/mol. The highest BCUT2D eigenvalue weighted by Gasteiger charge is 2.22. The Hall–Kier alpha value is -4.31. The van der Waals surface area contributed by atoms with Crippen LogP contribution in [0, 0.1) is 0 Å². The van der Waals surface area contributed by atoms with Crippen LogP contribution in [0.25, 0.3) is 0 Å². The van der Waals surface area contributed by atoms with Gasteiger partial charge < -0.3 is 33.3 Å². The molecule has 0 saturated carbocycles. The van der Waals surface area contributed by atoms with E-state index in [1.807, 2.05) is 21.1 Å². The number of likely N-dealkylation sites (N-methyl/N-ethyl adjacent to an activating group) is 1. The minimum Gasteiger partial charge on any atom is -0.545 e. The second-order valence-corrected chi connectivity index (χ2v) is 24.8. The highest BCUT2D eigenvalue weighted by molar-refractivity contribution is 5.70. The summed E-state index contributed by atoms with van der Waals surface area (Å²) < 4.78 is 22.7. The van der Waals surface area contributed by atoms with Crippen LogP contribution < -0.4 is 5.11 Å². The summed E-state index contributed by atoms with van der Waals surface area (Å²) in [6, 6.07) is 0. The monoisotopic (exact) mass is 1210 g/mol. The van der Waals surface area contributed by atoms with Gasteiger partial charge in [0.1, 0.15) is 13.2 Å². The molecule has 0 amide bonds. The van der Waals surface area contributed by atoms with E-state index in [0.717, 1.165) is 96.3 Å². The zero-order chi connectivity index (χ0) is 63.3.